The van der Waals surface area contributed by atoms with E-state index in [-0.39, 0.29) is 11.4 Å². The molecule has 20 heavy (non-hydrogen) atoms. The van der Waals surface area contributed by atoms with Crippen LogP contribution < -0.4 is 0 Å². The van der Waals surface area contributed by atoms with Gasteiger partial charge in [0.2, 0.25) is 0 Å². The van der Waals surface area contributed by atoms with Gasteiger partial charge in [0.05, 0.1) is 12.0 Å². The first-order valence-corrected chi connectivity index (χ1v) is 8.41. The molecule has 1 aromatic carbocycles. The molecular weight excluding hydrogens is 270 g/mol. The average Bonchev–Trinajstić information content (AvgIpc) is 2.97. The molecule has 2 aliphatic rings. The Morgan fingerprint density at radius 2 is 2.25 bits per heavy atom. The molecule has 0 radical (unpaired) electrons. The molecule has 2 atom stereocenters. The van der Waals surface area contributed by atoms with E-state index in [9.17, 15) is 4.79 Å². The Hall–Kier alpha value is -1.00. The van der Waals surface area contributed by atoms with Crippen LogP contribution in [0.2, 0.25) is 0 Å². The lowest BCUT2D eigenvalue weighted by molar-refractivity contribution is -0.154. The third-order valence-electron chi connectivity index (χ3n) is 4.38. The molecular formula is C16H21NO2S. The molecule has 0 spiro atoms. The van der Waals surface area contributed by atoms with Gasteiger partial charge in [0.25, 0.3) is 0 Å². The summed E-state index contributed by atoms with van der Waals surface area (Å²) >= 11 is 1.90. The summed E-state index contributed by atoms with van der Waals surface area (Å²) in [5.41, 5.74) is 1.06. The molecule has 108 valence electrons. The minimum Gasteiger partial charge on any atom is -0.465 e. The lowest BCUT2D eigenvalue weighted by Crippen LogP contribution is -2.40. The number of esters is 1. The van der Waals surface area contributed by atoms with Gasteiger partial charge in [-0.1, -0.05) is 30.3 Å². The molecule has 1 aromatic rings. The number of hydrogen-bond acceptors (Lipinski definition) is 4. The van der Waals surface area contributed by atoms with Crippen molar-refractivity contribution >= 4 is 17.7 Å². The van der Waals surface area contributed by atoms with Gasteiger partial charge in [0.15, 0.2) is 0 Å². The summed E-state index contributed by atoms with van der Waals surface area (Å²) in [6.07, 6.45) is 0. The van der Waals surface area contributed by atoms with E-state index in [4.69, 9.17) is 4.74 Å². The van der Waals surface area contributed by atoms with Crippen molar-refractivity contribution in [3.05, 3.63) is 35.9 Å². The first-order chi connectivity index (χ1) is 9.74. The number of ether oxygens (including phenoxy) is 1. The molecule has 3 rings (SSSR count). The van der Waals surface area contributed by atoms with Crippen molar-refractivity contribution in [2.75, 3.05) is 31.2 Å². The zero-order valence-corrected chi connectivity index (χ0v) is 12.7. The molecule has 3 nitrogen and oxygen atoms in total. The van der Waals surface area contributed by atoms with Crippen LogP contribution >= 0.6 is 11.8 Å². The number of nitrogens with zero attached hydrogens (tertiary/aromatic N) is 1. The number of likely N-dealkylation sites (tertiary alicyclic amines) is 1. The van der Waals surface area contributed by atoms with Crippen LogP contribution in [0.15, 0.2) is 30.3 Å². The van der Waals surface area contributed by atoms with Crippen molar-refractivity contribution in [3.8, 4) is 0 Å². The number of carbonyl (C=O) groups excluding carboxylic acids is 1. The highest BCUT2D eigenvalue weighted by Gasteiger charge is 2.55. The summed E-state index contributed by atoms with van der Waals surface area (Å²) in [6.45, 7) is 5.17. The summed E-state index contributed by atoms with van der Waals surface area (Å²) < 4.78 is 5.35. The lowest BCUT2D eigenvalue weighted by atomic mass is 9.81. The number of hydrogen-bond donors (Lipinski definition) is 0. The Labute approximate surface area is 124 Å². The molecule has 0 aromatic heterocycles. The van der Waals surface area contributed by atoms with Crippen molar-refractivity contribution in [1.82, 2.24) is 4.90 Å². The van der Waals surface area contributed by atoms with Crippen LogP contribution in [0.3, 0.4) is 0 Å². The molecule has 4 heteroatoms. The predicted octanol–water partition coefficient (Wildman–Crippen LogP) is 2.41. The zero-order chi connectivity index (χ0) is 14.0. The molecule has 0 aliphatic carbocycles. The maximum atomic E-state index is 12.4. The number of benzene rings is 1. The first-order valence-electron chi connectivity index (χ1n) is 7.26. The lowest BCUT2D eigenvalue weighted by Gasteiger charge is -2.25. The van der Waals surface area contributed by atoms with Gasteiger partial charge in [-0.05, 0) is 24.2 Å². The number of thioether (sulfide) groups is 1. The van der Waals surface area contributed by atoms with Crippen molar-refractivity contribution < 1.29 is 9.53 Å². The van der Waals surface area contributed by atoms with Gasteiger partial charge in [-0.2, -0.15) is 11.8 Å². The van der Waals surface area contributed by atoms with Crippen molar-refractivity contribution in [1.29, 1.82) is 0 Å². The average molecular weight is 291 g/mol. The topological polar surface area (TPSA) is 29.5 Å². The first kappa shape index (κ1) is 14.0. The highest BCUT2D eigenvalue weighted by molar-refractivity contribution is 7.99. The predicted molar refractivity (Wildman–Crippen MR) is 81.6 cm³/mol. The fourth-order valence-electron chi connectivity index (χ4n) is 3.37. The largest absolute Gasteiger partial charge is 0.465 e. The molecule has 0 amide bonds. The zero-order valence-electron chi connectivity index (χ0n) is 11.9. The van der Waals surface area contributed by atoms with Crippen LogP contribution in [0.5, 0.6) is 0 Å². The summed E-state index contributed by atoms with van der Waals surface area (Å²) in [6, 6.07) is 10.5. The Morgan fingerprint density at radius 1 is 1.45 bits per heavy atom. The van der Waals surface area contributed by atoms with Crippen LogP contribution in [0.4, 0.5) is 0 Å². The number of fused-ring (bicyclic) bond motifs is 1. The Balaban J connectivity index is 1.72. The number of carbonyl (C=O) groups is 1. The number of rotatable bonds is 4. The van der Waals surface area contributed by atoms with E-state index >= 15 is 0 Å². The quantitative estimate of drug-likeness (QED) is 0.797. The second kappa shape index (κ2) is 5.78. The molecule has 2 saturated heterocycles. The van der Waals surface area contributed by atoms with Gasteiger partial charge in [-0.15, -0.1) is 0 Å². The van der Waals surface area contributed by atoms with E-state index < -0.39 is 0 Å². The molecule has 0 saturated carbocycles. The summed E-state index contributed by atoms with van der Waals surface area (Å²) in [7, 11) is 0. The third-order valence-corrected chi connectivity index (χ3v) is 5.73. The monoisotopic (exact) mass is 291 g/mol. The van der Waals surface area contributed by atoms with E-state index in [1.54, 1.807) is 0 Å². The van der Waals surface area contributed by atoms with Crippen molar-refractivity contribution in [3.63, 3.8) is 0 Å². The minimum absolute atomic E-state index is 0.0190. The summed E-state index contributed by atoms with van der Waals surface area (Å²) in [5, 5.41) is 0. The maximum Gasteiger partial charge on any atom is 0.314 e. The molecule has 0 N–H and O–H groups in total. The van der Waals surface area contributed by atoms with Gasteiger partial charge in [-0.3, -0.25) is 9.69 Å². The van der Waals surface area contributed by atoms with Crippen molar-refractivity contribution in [2.45, 2.75) is 13.5 Å². The van der Waals surface area contributed by atoms with E-state index in [2.05, 4.69) is 29.2 Å². The molecule has 2 heterocycles. The smallest absolute Gasteiger partial charge is 0.314 e. The van der Waals surface area contributed by atoms with E-state index in [0.717, 1.165) is 31.1 Å². The summed E-state index contributed by atoms with van der Waals surface area (Å²) in [4.78, 5) is 14.8. The van der Waals surface area contributed by atoms with Gasteiger partial charge in [0.1, 0.15) is 0 Å². The van der Waals surface area contributed by atoms with Crippen LogP contribution in [0.25, 0.3) is 0 Å². The Morgan fingerprint density at radius 3 is 3.00 bits per heavy atom. The van der Waals surface area contributed by atoms with E-state index in [0.29, 0.717) is 12.5 Å². The Kier molecular flexibility index (Phi) is 4.03. The Bertz CT molecular complexity index is 479. The van der Waals surface area contributed by atoms with E-state index in [1.165, 1.54) is 5.56 Å². The highest BCUT2D eigenvalue weighted by atomic mass is 32.2. The fourth-order valence-corrected chi connectivity index (χ4v) is 5.00. The summed E-state index contributed by atoms with van der Waals surface area (Å²) in [5.74, 6) is 2.48. The van der Waals surface area contributed by atoms with Crippen molar-refractivity contribution in [2.24, 2.45) is 11.3 Å². The normalized spacial score (nSPS) is 29.4. The van der Waals surface area contributed by atoms with Gasteiger partial charge in [0, 0.05) is 25.4 Å². The molecule has 2 aliphatic heterocycles. The van der Waals surface area contributed by atoms with Crippen LogP contribution in [0, 0.1) is 11.3 Å². The molecule has 0 bridgehead atoms. The molecule has 2 fully saturated rings. The van der Waals surface area contributed by atoms with Crippen LogP contribution in [-0.4, -0.2) is 42.1 Å². The SMILES string of the molecule is CCOC(=O)C12CSCC1CN(Cc1ccccc1)C2. The highest BCUT2D eigenvalue weighted by Crippen LogP contribution is 2.47. The maximum absolute atomic E-state index is 12.4. The van der Waals surface area contributed by atoms with Gasteiger partial charge in [-0.25, -0.2) is 0 Å². The molecule has 2 unspecified atom stereocenters. The standard InChI is InChI=1S/C16H21NO2S/c1-2-19-15(18)16-11-17(9-14(16)10-20-12-16)8-13-6-4-3-5-7-13/h3-7,14H,2,8-12H2,1H3. The van der Waals surface area contributed by atoms with Gasteiger partial charge >= 0.3 is 5.97 Å². The van der Waals surface area contributed by atoms with E-state index in [1.807, 2.05) is 24.8 Å². The van der Waals surface area contributed by atoms with Crippen LogP contribution in [-0.2, 0) is 16.1 Å². The fraction of sp³-hybridized carbons (Fsp3) is 0.562. The second-order valence-electron chi connectivity index (χ2n) is 5.74. The van der Waals surface area contributed by atoms with Gasteiger partial charge < -0.3 is 4.74 Å². The van der Waals surface area contributed by atoms with Crippen LogP contribution in [0.1, 0.15) is 12.5 Å². The second-order valence-corrected chi connectivity index (χ2v) is 6.77. The third kappa shape index (κ3) is 2.47. The minimum atomic E-state index is -0.255.